The Morgan fingerprint density at radius 2 is 2.08 bits per heavy atom. The minimum atomic E-state index is -0.168. The predicted molar refractivity (Wildman–Crippen MR) is 98.5 cm³/mol. The SMILES string of the molecule is Cc1cccc(-c2[nH]ncc2C(=O)NCc2cccnc2N(C)C)c1. The number of hydrogen-bond donors (Lipinski definition) is 2. The summed E-state index contributed by atoms with van der Waals surface area (Å²) in [5.41, 5.74) is 4.28. The van der Waals surface area contributed by atoms with Crippen LogP contribution in [0, 0.1) is 6.92 Å². The first-order valence-corrected chi connectivity index (χ1v) is 8.06. The fourth-order valence-electron chi connectivity index (χ4n) is 2.72. The second kappa shape index (κ2) is 7.17. The number of aromatic amines is 1. The highest BCUT2D eigenvalue weighted by atomic mass is 16.1. The van der Waals surface area contributed by atoms with Crippen LogP contribution in [0.1, 0.15) is 21.5 Å². The van der Waals surface area contributed by atoms with Crippen LogP contribution in [0.15, 0.2) is 48.8 Å². The molecule has 25 heavy (non-hydrogen) atoms. The van der Waals surface area contributed by atoms with Gasteiger partial charge in [0.05, 0.1) is 17.5 Å². The molecule has 0 saturated carbocycles. The summed E-state index contributed by atoms with van der Waals surface area (Å²) >= 11 is 0. The number of carbonyl (C=O) groups is 1. The van der Waals surface area contributed by atoms with Gasteiger partial charge in [0.1, 0.15) is 5.82 Å². The van der Waals surface area contributed by atoms with Crippen LogP contribution in [0.3, 0.4) is 0 Å². The molecule has 2 aromatic heterocycles. The summed E-state index contributed by atoms with van der Waals surface area (Å²) in [6.07, 6.45) is 3.30. The van der Waals surface area contributed by atoms with Crippen molar-refractivity contribution < 1.29 is 4.79 Å². The Morgan fingerprint density at radius 3 is 2.84 bits per heavy atom. The number of aromatic nitrogens is 3. The number of nitrogens with one attached hydrogen (secondary N) is 2. The molecule has 0 spiro atoms. The fraction of sp³-hybridized carbons (Fsp3) is 0.211. The van der Waals surface area contributed by atoms with Gasteiger partial charge in [-0.3, -0.25) is 9.89 Å². The lowest BCUT2D eigenvalue weighted by molar-refractivity contribution is 0.0951. The molecule has 6 nitrogen and oxygen atoms in total. The Kier molecular flexibility index (Phi) is 4.79. The van der Waals surface area contributed by atoms with Crippen LogP contribution in [-0.2, 0) is 6.54 Å². The Hall–Kier alpha value is -3.15. The summed E-state index contributed by atoms with van der Waals surface area (Å²) < 4.78 is 0. The van der Waals surface area contributed by atoms with Crippen molar-refractivity contribution in [3.8, 4) is 11.3 Å². The average Bonchev–Trinajstić information content (AvgIpc) is 3.09. The zero-order chi connectivity index (χ0) is 17.8. The maximum absolute atomic E-state index is 12.6. The van der Waals surface area contributed by atoms with E-state index in [9.17, 15) is 4.79 Å². The van der Waals surface area contributed by atoms with Crippen LogP contribution in [-0.4, -0.2) is 35.2 Å². The van der Waals surface area contributed by atoms with Crippen molar-refractivity contribution in [2.45, 2.75) is 13.5 Å². The van der Waals surface area contributed by atoms with Gasteiger partial charge in [0.2, 0.25) is 0 Å². The molecule has 0 aliphatic heterocycles. The number of benzene rings is 1. The van der Waals surface area contributed by atoms with Gasteiger partial charge in [-0.1, -0.05) is 29.8 Å². The molecule has 1 aromatic carbocycles. The van der Waals surface area contributed by atoms with Crippen LogP contribution in [0.4, 0.5) is 5.82 Å². The second-order valence-electron chi connectivity index (χ2n) is 6.09. The van der Waals surface area contributed by atoms with Crippen molar-refractivity contribution >= 4 is 11.7 Å². The van der Waals surface area contributed by atoms with Crippen molar-refractivity contribution in [1.29, 1.82) is 0 Å². The minimum absolute atomic E-state index is 0.168. The lowest BCUT2D eigenvalue weighted by atomic mass is 10.1. The van der Waals surface area contributed by atoms with Gasteiger partial charge in [0.15, 0.2) is 0 Å². The lowest BCUT2D eigenvalue weighted by Crippen LogP contribution is -2.24. The predicted octanol–water partition coefficient (Wildman–Crippen LogP) is 2.78. The molecular weight excluding hydrogens is 314 g/mol. The van der Waals surface area contributed by atoms with Gasteiger partial charge >= 0.3 is 0 Å². The zero-order valence-electron chi connectivity index (χ0n) is 14.6. The lowest BCUT2D eigenvalue weighted by Gasteiger charge is -2.16. The summed E-state index contributed by atoms with van der Waals surface area (Å²) in [7, 11) is 3.86. The summed E-state index contributed by atoms with van der Waals surface area (Å²) in [6, 6.07) is 11.8. The van der Waals surface area contributed by atoms with Crippen molar-refractivity contribution in [1.82, 2.24) is 20.5 Å². The summed E-state index contributed by atoms with van der Waals surface area (Å²) in [5.74, 6) is 0.674. The summed E-state index contributed by atoms with van der Waals surface area (Å²) in [4.78, 5) is 18.9. The molecule has 0 bridgehead atoms. The van der Waals surface area contributed by atoms with E-state index in [1.807, 2.05) is 62.3 Å². The highest BCUT2D eigenvalue weighted by molar-refractivity contribution is 5.99. The standard InChI is InChI=1S/C19H21N5O/c1-13-6-4-7-14(10-13)17-16(12-22-23-17)19(25)21-11-15-8-5-9-20-18(15)24(2)3/h4-10,12H,11H2,1-3H3,(H,21,25)(H,22,23). The molecule has 0 unspecified atom stereocenters. The minimum Gasteiger partial charge on any atom is -0.362 e. The van der Waals surface area contributed by atoms with E-state index in [-0.39, 0.29) is 5.91 Å². The maximum atomic E-state index is 12.6. The van der Waals surface area contributed by atoms with Gasteiger partial charge in [-0.05, 0) is 19.1 Å². The van der Waals surface area contributed by atoms with E-state index < -0.39 is 0 Å². The first-order chi connectivity index (χ1) is 12.1. The van der Waals surface area contributed by atoms with Crippen molar-refractivity contribution in [3.63, 3.8) is 0 Å². The monoisotopic (exact) mass is 335 g/mol. The maximum Gasteiger partial charge on any atom is 0.255 e. The fourth-order valence-corrected chi connectivity index (χ4v) is 2.72. The van der Waals surface area contributed by atoms with Gasteiger partial charge in [-0.25, -0.2) is 4.98 Å². The quantitative estimate of drug-likeness (QED) is 0.752. The van der Waals surface area contributed by atoms with Crippen LogP contribution in [0.25, 0.3) is 11.3 Å². The first kappa shape index (κ1) is 16.7. The first-order valence-electron chi connectivity index (χ1n) is 8.06. The Bertz CT molecular complexity index is 885. The number of anilines is 1. The smallest absolute Gasteiger partial charge is 0.255 e. The third-order valence-corrected chi connectivity index (χ3v) is 3.92. The van der Waals surface area contributed by atoms with E-state index in [1.165, 1.54) is 0 Å². The molecule has 0 aliphatic carbocycles. The zero-order valence-corrected chi connectivity index (χ0v) is 14.6. The molecule has 2 heterocycles. The molecule has 0 atom stereocenters. The highest BCUT2D eigenvalue weighted by Crippen LogP contribution is 2.22. The molecule has 0 saturated heterocycles. The number of H-pyrrole nitrogens is 1. The van der Waals surface area contributed by atoms with Gasteiger partial charge in [0.25, 0.3) is 5.91 Å². The van der Waals surface area contributed by atoms with Gasteiger partial charge < -0.3 is 10.2 Å². The number of aryl methyl sites for hydroxylation is 1. The highest BCUT2D eigenvalue weighted by Gasteiger charge is 2.16. The number of carbonyl (C=O) groups excluding carboxylic acids is 1. The number of nitrogens with zero attached hydrogens (tertiary/aromatic N) is 3. The third kappa shape index (κ3) is 3.68. The van der Waals surface area contributed by atoms with Gasteiger partial charge in [-0.2, -0.15) is 5.10 Å². The third-order valence-electron chi connectivity index (χ3n) is 3.92. The molecule has 1 amide bonds. The molecule has 3 aromatic rings. The van der Waals surface area contributed by atoms with E-state index in [1.54, 1.807) is 12.4 Å². The van der Waals surface area contributed by atoms with E-state index in [0.717, 1.165) is 28.2 Å². The molecule has 6 heteroatoms. The van der Waals surface area contributed by atoms with E-state index in [4.69, 9.17) is 0 Å². The average molecular weight is 335 g/mol. The number of hydrogen-bond acceptors (Lipinski definition) is 4. The van der Waals surface area contributed by atoms with Crippen molar-refractivity contribution in [3.05, 3.63) is 65.5 Å². The van der Waals surface area contributed by atoms with Gasteiger partial charge in [-0.15, -0.1) is 0 Å². The Labute approximate surface area is 146 Å². The van der Waals surface area contributed by atoms with E-state index in [0.29, 0.717) is 12.1 Å². The number of rotatable bonds is 5. The van der Waals surface area contributed by atoms with E-state index in [2.05, 4.69) is 20.5 Å². The van der Waals surface area contributed by atoms with Crippen LogP contribution >= 0.6 is 0 Å². The Balaban J connectivity index is 1.79. The molecule has 128 valence electrons. The van der Waals surface area contributed by atoms with Gasteiger partial charge in [0, 0.05) is 38.0 Å². The molecule has 3 rings (SSSR count). The molecule has 0 aliphatic rings. The molecule has 2 N–H and O–H groups in total. The normalized spacial score (nSPS) is 10.5. The second-order valence-corrected chi connectivity index (χ2v) is 6.09. The van der Waals surface area contributed by atoms with Crippen molar-refractivity contribution in [2.75, 3.05) is 19.0 Å². The number of pyridine rings is 1. The van der Waals surface area contributed by atoms with Crippen molar-refractivity contribution in [2.24, 2.45) is 0 Å². The molecule has 0 radical (unpaired) electrons. The number of amides is 1. The molecule has 0 fully saturated rings. The molecular formula is C19H21N5O. The van der Waals surface area contributed by atoms with Crippen LogP contribution < -0.4 is 10.2 Å². The summed E-state index contributed by atoms with van der Waals surface area (Å²) in [6.45, 7) is 2.42. The van der Waals surface area contributed by atoms with Crippen LogP contribution in [0.5, 0.6) is 0 Å². The summed E-state index contributed by atoms with van der Waals surface area (Å²) in [5, 5.41) is 9.93. The topological polar surface area (TPSA) is 73.9 Å². The van der Waals surface area contributed by atoms with Crippen LogP contribution in [0.2, 0.25) is 0 Å². The Morgan fingerprint density at radius 1 is 1.24 bits per heavy atom. The van der Waals surface area contributed by atoms with E-state index >= 15 is 0 Å². The largest absolute Gasteiger partial charge is 0.362 e.